The average molecular weight is 885 g/mol. The van der Waals surface area contributed by atoms with Crippen molar-refractivity contribution in [1.29, 1.82) is 0 Å². The second-order valence-corrected chi connectivity index (χ2v) is 18.5. The van der Waals surface area contributed by atoms with E-state index < -0.39 is 6.10 Å². The van der Waals surface area contributed by atoms with Crippen LogP contribution in [0.1, 0.15) is 290 Å². The molecule has 6 nitrogen and oxygen atoms in total. The Morgan fingerprint density at radius 3 is 0.968 bits per heavy atom. The SMILES string of the molecule is CC/C=C\C/C=C\CCCCCCCCCC(=O)OC(COC(=O)CCCCCCC/C=C\CCCCCCCCCCC)COC(=O)CCCCCCCCCCCCCCC. The Hall–Kier alpha value is -2.37. The van der Waals surface area contributed by atoms with Crippen LogP contribution in [0.15, 0.2) is 36.5 Å². The van der Waals surface area contributed by atoms with Crippen molar-refractivity contribution in [2.45, 2.75) is 297 Å². The van der Waals surface area contributed by atoms with Crippen LogP contribution in [0.5, 0.6) is 0 Å². The predicted octanol–water partition coefficient (Wildman–Crippen LogP) is 18.1. The highest BCUT2D eigenvalue weighted by Gasteiger charge is 2.19. The molecule has 0 spiro atoms. The van der Waals surface area contributed by atoms with Crippen molar-refractivity contribution in [2.24, 2.45) is 0 Å². The van der Waals surface area contributed by atoms with E-state index in [1.54, 1.807) is 0 Å². The molecule has 6 heteroatoms. The van der Waals surface area contributed by atoms with Crippen LogP contribution >= 0.6 is 0 Å². The summed E-state index contributed by atoms with van der Waals surface area (Å²) in [6, 6.07) is 0. The third-order valence-electron chi connectivity index (χ3n) is 12.1. The third-order valence-corrected chi connectivity index (χ3v) is 12.1. The number of carbonyl (C=O) groups excluding carboxylic acids is 3. The molecule has 1 unspecified atom stereocenters. The summed E-state index contributed by atoms with van der Waals surface area (Å²) in [6.45, 7) is 6.55. The van der Waals surface area contributed by atoms with Gasteiger partial charge in [-0.25, -0.2) is 0 Å². The highest BCUT2D eigenvalue weighted by molar-refractivity contribution is 5.71. The smallest absolute Gasteiger partial charge is 0.306 e. The Morgan fingerprint density at radius 2 is 0.619 bits per heavy atom. The first-order valence-corrected chi connectivity index (χ1v) is 27.5. The fourth-order valence-electron chi connectivity index (χ4n) is 8.01. The molecule has 0 fully saturated rings. The lowest BCUT2D eigenvalue weighted by molar-refractivity contribution is -0.167. The van der Waals surface area contributed by atoms with E-state index >= 15 is 0 Å². The molecular formula is C57H104O6. The second kappa shape index (κ2) is 52.3. The molecule has 0 N–H and O–H groups in total. The third kappa shape index (κ3) is 50.5. The summed E-state index contributed by atoms with van der Waals surface area (Å²) in [5.41, 5.74) is 0. The number of carbonyl (C=O) groups is 3. The summed E-state index contributed by atoms with van der Waals surface area (Å²) in [4.78, 5) is 38.0. The summed E-state index contributed by atoms with van der Waals surface area (Å²) in [5, 5.41) is 0. The summed E-state index contributed by atoms with van der Waals surface area (Å²) in [7, 11) is 0. The molecule has 0 saturated heterocycles. The van der Waals surface area contributed by atoms with Gasteiger partial charge in [0.15, 0.2) is 6.10 Å². The van der Waals surface area contributed by atoms with Gasteiger partial charge in [-0.1, -0.05) is 237 Å². The standard InChI is InChI=1S/C57H104O6/c1-4-7-10-13-16-19-22-25-27-28-29-30-33-35-38-41-44-47-50-56(59)62-53-54(52-61-55(58)49-46-43-40-37-34-31-24-21-18-15-12-9-6-3)63-57(60)51-48-45-42-39-36-32-26-23-20-17-14-11-8-5-2/h8,11,17,20,29-30,54H,4-7,9-10,12-16,18-19,21-28,31-53H2,1-3H3/b11-8-,20-17-,30-29-. The number of esters is 3. The average Bonchev–Trinajstić information content (AvgIpc) is 3.28. The topological polar surface area (TPSA) is 78.9 Å². The Morgan fingerprint density at radius 1 is 0.333 bits per heavy atom. The fourth-order valence-corrected chi connectivity index (χ4v) is 8.01. The van der Waals surface area contributed by atoms with Gasteiger partial charge in [-0.3, -0.25) is 14.4 Å². The van der Waals surface area contributed by atoms with Crippen LogP contribution in [0, 0.1) is 0 Å². The summed E-state index contributed by atoms with van der Waals surface area (Å²) in [6.07, 6.45) is 61.3. The van der Waals surface area contributed by atoms with Crippen LogP contribution in [-0.2, 0) is 28.6 Å². The van der Waals surface area contributed by atoms with Crippen LogP contribution in [0.25, 0.3) is 0 Å². The van der Waals surface area contributed by atoms with Crippen LogP contribution in [0.2, 0.25) is 0 Å². The van der Waals surface area contributed by atoms with Gasteiger partial charge in [0.05, 0.1) is 0 Å². The summed E-state index contributed by atoms with van der Waals surface area (Å²) in [5.74, 6) is -0.878. The lowest BCUT2D eigenvalue weighted by atomic mass is 10.0. The fraction of sp³-hybridized carbons (Fsp3) is 0.842. The van der Waals surface area contributed by atoms with E-state index in [0.29, 0.717) is 19.3 Å². The van der Waals surface area contributed by atoms with Gasteiger partial charge in [-0.15, -0.1) is 0 Å². The molecule has 1 atom stereocenters. The number of unbranched alkanes of at least 4 members (excludes halogenated alkanes) is 33. The Kier molecular flexibility index (Phi) is 50.3. The molecule has 63 heavy (non-hydrogen) atoms. The lowest BCUT2D eigenvalue weighted by Gasteiger charge is -2.18. The molecule has 0 amide bonds. The minimum Gasteiger partial charge on any atom is -0.462 e. The van der Waals surface area contributed by atoms with Gasteiger partial charge in [0.1, 0.15) is 13.2 Å². The lowest BCUT2D eigenvalue weighted by Crippen LogP contribution is -2.30. The minimum atomic E-state index is -0.776. The van der Waals surface area contributed by atoms with E-state index in [0.717, 1.165) is 83.5 Å². The molecular weight excluding hydrogens is 781 g/mol. The van der Waals surface area contributed by atoms with Gasteiger partial charge < -0.3 is 14.2 Å². The number of hydrogen-bond acceptors (Lipinski definition) is 6. The highest BCUT2D eigenvalue weighted by atomic mass is 16.6. The van der Waals surface area contributed by atoms with Crippen molar-refractivity contribution in [3.05, 3.63) is 36.5 Å². The van der Waals surface area contributed by atoms with Crippen molar-refractivity contribution in [1.82, 2.24) is 0 Å². The molecule has 0 radical (unpaired) electrons. The van der Waals surface area contributed by atoms with Crippen molar-refractivity contribution in [3.8, 4) is 0 Å². The van der Waals surface area contributed by atoms with E-state index in [-0.39, 0.29) is 31.1 Å². The number of hydrogen-bond donors (Lipinski definition) is 0. The number of allylic oxidation sites excluding steroid dienone is 6. The molecule has 0 saturated carbocycles. The molecule has 0 aliphatic rings. The first kappa shape index (κ1) is 60.6. The van der Waals surface area contributed by atoms with Crippen molar-refractivity contribution >= 4 is 17.9 Å². The maximum atomic E-state index is 12.8. The van der Waals surface area contributed by atoms with Gasteiger partial charge in [0.2, 0.25) is 0 Å². The van der Waals surface area contributed by atoms with Crippen molar-refractivity contribution < 1.29 is 28.6 Å². The van der Waals surface area contributed by atoms with E-state index in [2.05, 4.69) is 57.2 Å². The van der Waals surface area contributed by atoms with Gasteiger partial charge in [0, 0.05) is 19.3 Å². The predicted molar refractivity (Wildman–Crippen MR) is 270 cm³/mol. The van der Waals surface area contributed by atoms with E-state index in [4.69, 9.17) is 14.2 Å². The number of ether oxygens (including phenoxy) is 3. The highest BCUT2D eigenvalue weighted by Crippen LogP contribution is 2.16. The normalized spacial score (nSPS) is 12.2. The summed E-state index contributed by atoms with van der Waals surface area (Å²) < 4.78 is 16.8. The molecule has 0 aromatic heterocycles. The zero-order valence-corrected chi connectivity index (χ0v) is 42.1. The van der Waals surface area contributed by atoms with E-state index in [1.165, 1.54) is 167 Å². The van der Waals surface area contributed by atoms with Crippen molar-refractivity contribution in [2.75, 3.05) is 13.2 Å². The Labute approximate surface area is 391 Å². The maximum absolute atomic E-state index is 12.8. The minimum absolute atomic E-state index is 0.0748. The van der Waals surface area contributed by atoms with Crippen LogP contribution < -0.4 is 0 Å². The van der Waals surface area contributed by atoms with Crippen LogP contribution in [-0.4, -0.2) is 37.2 Å². The van der Waals surface area contributed by atoms with E-state index in [9.17, 15) is 14.4 Å². The zero-order chi connectivity index (χ0) is 45.8. The summed E-state index contributed by atoms with van der Waals surface area (Å²) >= 11 is 0. The molecule has 0 aromatic rings. The molecule has 0 bridgehead atoms. The van der Waals surface area contributed by atoms with Gasteiger partial charge in [-0.05, 0) is 70.6 Å². The molecule has 0 aliphatic heterocycles. The zero-order valence-electron chi connectivity index (χ0n) is 42.1. The molecule has 0 heterocycles. The molecule has 0 aromatic carbocycles. The Balaban J connectivity index is 4.34. The first-order valence-electron chi connectivity index (χ1n) is 27.5. The van der Waals surface area contributed by atoms with E-state index in [1.807, 2.05) is 0 Å². The molecule has 0 rings (SSSR count). The largest absolute Gasteiger partial charge is 0.462 e. The van der Waals surface area contributed by atoms with Crippen molar-refractivity contribution in [3.63, 3.8) is 0 Å². The maximum Gasteiger partial charge on any atom is 0.306 e. The van der Waals surface area contributed by atoms with Crippen LogP contribution in [0.4, 0.5) is 0 Å². The quantitative estimate of drug-likeness (QED) is 0.0262. The monoisotopic (exact) mass is 885 g/mol. The first-order chi connectivity index (χ1) is 31.0. The number of rotatable bonds is 50. The molecule has 368 valence electrons. The van der Waals surface area contributed by atoms with Gasteiger partial charge in [0.25, 0.3) is 0 Å². The Bertz CT molecular complexity index is 1060. The second-order valence-electron chi connectivity index (χ2n) is 18.5. The molecule has 0 aliphatic carbocycles. The van der Waals surface area contributed by atoms with Gasteiger partial charge >= 0.3 is 17.9 Å². The van der Waals surface area contributed by atoms with Crippen LogP contribution in [0.3, 0.4) is 0 Å². The van der Waals surface area contributed by atoms with Gasteiger partial charge in [-0.2, -0.15) is 0 Å².